The first-order valence-corrected chi connectivity index (χ1v) is 6.92. The molecule has 0 saturated carbocycles. The quantitative estimate of drug-likeness (QED) is 0.794. The molecule has 0 aliphatic carbocycles. The lowest BCUT2D eigenvalue weighted by Gasteiger charge is -2.14. The fourth-order valence-corrected chi connectivity index (χ4v) is 2.50. The predicted molar refractivity (Wildman–Crippen MR) is 83.4 cm³/mol. The van der Waals surface area contributed by atoms with Gasteiger partial charge in [0.15, 0.2) is 0 Å². The van der Waals surface area contributed by atoms with Crippen LogP contribution in [0, 0.1) is 0 Å². The molecule has 1 atom stereocenters. The molecular weight excluding hydrogens is 262 g/mol. The van der Waals surface area contributed by atoms with Crippen LogP contribution in [0.2, 0.25) is 0 Å². The Kier molecular flexibility index (Phi) is 3.84. The minimum atomic E-state index is -0.564. The van der Waals surface area contributed by atoms with Crippen LogP contribution in [0.1, 0.15) is 17.2 Å². The minimum absolute atomic E-state index is 0.524. The molecule has 1 unspecified atom stereocenters. The van der Waals surface area contributed by atoms with E-state index >= 15 is 0 Å². The third kappa shape index (κ3) is 2.88. The highest BCUT2D eigenvalue weighted by Crippen LogP contribution is 2.26. The van der Waals surface area contributed by atoms with Gasteiger partial charge < -0.3 is 9.84 Å². The van der Waals surface area contributed by atoms with Crippen LogP contribution >= 0.6 is 0 Å². The Morgan fingerprint density at radius 3 is 2.81 bits per heavy atom. The van der Waals surface area contributed by atoms with Crippen molar-refractivity contribution in [2.45, 2.75) is 12.5 Å². The number of hydrogen-bond donors (Lipinski definition) is 1. The van der Waals surface area contributed by atoms with E-state index in [0.29, 0.717) is 6.42 Å². The van der Waals surface area contributed by atoms with E-state index in [1.165, 1.54) is 0 Å². The molecule has 2 aromatic carbocycles. The molecule has 1 heterocycles. The molecule has 0 spiro atoms. The van der Waals surface area contributed by atoms with Crippen molar-refractivity contribution in [3.63, 3.8) is 0 Å². The molecular formula is C18H17NO2. The van der Waals surface area contributed by atoms with Gasteiger partial charge in [-0.3, -0.25) is 4.98 Å². The Morgan fingerprint density at radius 1 is 1.10 bits per heavy atom. The lowest BCUT2D eigenvalue weighted by Crippen LogP contribution is -2.03. The van der Waals surface area contributed by atoms with Gasteiger partial charge in [0, 0.05) is 18.0 Å². The minimum Gasteiger partial charge on any atom is -0.496 e. The summed E-state index contributed by atoms with van der Waals surface area (Å²) >= 11 is 0. The van der Waals surface area contributed by atoms with Crippen LogP contribution in [0.5, 0.6) is 5.75 Å². The van der Waals surface area contributed by atoms with E-state index < -0.39 is 6.10 Å². The van der Waals surface area contributed by atoms with Crippen LogP contribution in [0.25, 0.3) is 10.9 Å². The summed E-state index contributed by atoms with van der Waals surface area (Å²) in [6.07, 6.45) is 1.73. The number of methoxy groups -OCH3 is 1. The molecule has 0 amide bonds. The van der Waals surface area contributed by atoms with Crippen molar-refractivity contribution in [3.8, 4) is 5.75 Å². The molecule has 1 N–H and O–H groups in total. The van der Waals surface area contributed by atoms with Crippen molar-refractivity contribution < 1.29 is 9.84 Å². The van der Waals surface area contributed by atoms with E-state index in [-0.39, 0.29) is 0 Å². The van der Waals surface area contributed by atoms with Gasteiger partial charge >= 0.3 is 0 Å². The van der Waals surface area contributed by atoms with Gasteiger partial charge in [-0.15, -0.1) is 0 Å². The van der Waals surface area contributed by atoms with Crippen LogP contribution in [0.15, 0.2) is 60.8 Å². The molecule has 0 aliphatic heterocycles. The number of nitrogens with zero attached hydrogens (tertiary/aromatic N) is 1. The summed E-state index contributed by atoms with van der Waals surface area (Å²) in [6.45, 7) is 0. The smallest absolute Gasteiger partial charge is 0.122 e. The van der Waals surface area contributed by atoms with E-state index in [4.69, 9.17) is 4.74 Å². The maximum Gasteiger partial charge on any atom is 0.122 e. The highest BCUT2D eigenvalue weighted by atomic mass is 16.5. The van der Waals surface area contributed by atoms with Gasteiger partial charge in [0.2, 0.25) is 0 Å². The van der Waals surface area contributed by atoms with E-state index in [2.05, 4.69) is 4.98 Å². The molecule has 0 fully saturated rings. The number of ether oxygens (including phenoxy) is 1. The van der Waals surface area contributed by atoms with Crippen molar-refractivity contribution in [2.24, 2.45) is 0 Å². The Bertz CT molecular complexity index is 755. The molecule has 0 aliphatic rings. The Labute approximate surface area is 123 Å². The average Bonchev–Trinajstić information content (AvgIpc) is 2.55. The maximum absolute atomic E-state index is 10.5. The van der Waals surface area contributed by atoms with Gasteiger partial charge in [-0.05, 0) is 35.4 Å². The third-order valence-corrected chi connectivity index (χ3v) is 3.62. The number of para-hydroxylation sites is 1. The van der Waals surface area contributed by atoms with Crippen LogP contribution in [-0.2, 0) is 6.42 Å². The molecule has 0 radical (unpaired) electrons. The van der Waals surface area contributed by atoms with Gasteiger partial charge in [-0.25, -0.2) is 0 Å². The zero-order valence-corrected chi connectivity index (χ0v) is 11.9. The van der Waals surface area contributed by atoms with Gasteiger partial charge in [0.1, 0.15) is 5.75 Å². The van der Waals surface area contributed by atoms with Gasteiger partial charge in [-0.2, -0.15) is 0 Å². The second-order valence-electron chi connectivity index (χ2n) is 4.99. The van der Waals surface area contributed by atoms with Gasteiger partial charge in [-0.1, -0.05) is 30.3 Å². The molecule has 3 nitrogen and oxygen atoms in total. The Hall–Kier alpha value is -2.39. The summed E-state index contributed by atoms with van der Waals surface area (Å²) in [7, 11) is 1.65. The highest BCUT2D eigenvalue weighted by molar-refractivity contribution is 5.79. The number of benzene rings is 2. The van der Waals surface area contributed by atoms with Crippen molar-refractivity contribution in [2.75, 3.05) is 7.11 Å². The van der Waals surface area contributed by atoms with E-state index in [1.54, 1.807) is 13.3 Å². The summed E-state index contributed by atoms with van der Waals surface area (Å²) in [4.78, 5) is 4.29. The molecule has 106 valence electrons. The number of pyridine rings is 1. The standard InChI is InChI=1S/C18H17NO2/c1-21-18-7-3-2-5-15(18)12-17(20)14-8-9-16-13(11-14)6-4-10-19-16/h2-11,17,20H,12H2,1H3. The average molecular weight is 279 g/mol. The molecule has 0 saturated heterocycles. The normalized spacial score (nSPS) is 12.3. The Balaban J connectivity index is 1.88. The second-order valence-corrected chi connectivity index (χ2v) is 4.99. The summed E-state index contributed by atoms with van der Waals surface area (Å²) in [5, 5.41) is 11.5. The van der Waals surface area contributed by atoms with E-state index in [9.17, 15) is 5.11 Å². The van der Waals surface area contributed by atoms with Crippen LogP contribution in [-0.4, -0.2) is 17.2 Å². The first-order valence-electron chi connectivity index (χ1n) is 6.92. The second kappa shape index (κ2) is 5.94. The van der Waals surface area contributed by atoms with Crippen LogP contribution in [0.4, 0.5) is 0 Å². The highest BCUT2D eigenvalue weighted by Gasteiger charge is 2.12. The van der Waals surface area contributed by atoms with Gasteiger partial charge in [0.05, 0.1) is 18.7 Å². The number of aromatic nitrogens is 1. The van der Waals surface area contributed by atoms with Crippen molar-refractivity contribution >= 4 is 10.9 Å². The zero-order chi connectivity index (χ0) is 14.7. The summed E-state index contributed by atoms with van der Waals surface area (Å²) in [6, 6.07) is 17.5. The lowest BCUT2D eigenvalue weighted by molar-refractivity contribution is 0.177. The van der Waals surface area contributed by atoms with Gasteiger partial charge in [0.25, 0.3) is 0 Å². The SMILES string of the molecule is COc1ccccc1CC(O)c1ccc2ncccc2c1. The van der Waals surface area contributed by atoms with Crippen molar-refractivity contribution in [3.05, 3.63) is 71.9 Å². The largest absolute Gasteiger partial charge is 0.496 e. The predicted octanol–water partition coefficient (Wildman–Crippen LogP) is 3.52. The number of aliphatic hydroxyl groups excluding tert-OH is 1. The molecule has 3 aromatic rings. The van der Waals surface area contributed by atoms with Crippen molar-refractivity contribution in [1.82, 2.24) is 4.98 Å². The molecule has 3 heteroatoms. The first-order chi connectivity index (χ1) is 10.3. The number of hydrogen-bond acceptors (Lipinski definition) is 3. The third-order valence-electron chi connectivity index (χ3n) is 3.62. The summed E-state index contributed by atoms with van der Waals surface area (Å²) in [5.41, 5.74) is 2.82. The van der Waals surface area contributed by atoms with Crippen LogP contribution in [0.3, 0.4) is 0 Å². The fourth-order valence-electron chi connectivity index (χ4n) is 2.50. The number of fused-ring (bicyclic) bond motifs is 1. The number of rotatable bonds is 4. The first kappa shape index (κ1) is 13.6. The van der Waals surface area contributed by atoms with E-state index in [1.807, 2.05) is 54.6 Å². The topological polar surface area (TPSA) is 42.4 Å². The number of aliphatic hydroxyl groups is 1. The Morgan fingerprint density at radius 2 is 1.95 bits per heavy atom. The molecule has 1 aromatic heterocycles. The molecule has 21 heavy (non-hydrogen) atoms. The monoisotopic (exact) mass is 279 g/mol. The molecule has 3 rings (SSSR count). The van der Waals surface area contributed by atoms with E-state index in [0.717, 1.165) is 27.8 Å². The maximum atomic E-state index is 10.5. The van der Waals surface area contributed by atoms with Crippen LogP contribution < -0.4 is 4.74 Å². The summed E-state index contributed by atoms with van der Waals surface area (Å²) in [5.74, 6) is 0.805. The fraction of sp³-hybridized carbons (Fsp3) is 0.167. The van der Waals surface area contributed by atoms with Crippen molar-refractivity contribution in [1.29, 1.82) is 0 Å². The molecule has 0 bridgehead atoms. The summed E-state index contributed by atoms with van der Waals surface area (Å²) < 4.78 is 5.33. The lowest BCUT2D eigenvalue weighted by atomic mass is 9.99. The zero-order valence-electron chi connectivity index (χ0n) is 11.9.